The van der Waals surface area contributed by atoms with E-state index in [1.54, 1.807) is 12.1 Å². The summed E-state index contributed by atoms with van der Waals surface area (Å²) in [4.78, 5) is 1.14. The first-order valence-corrected chi connectivity index (χ1v) is 8.47. The van der Waals surface area contributed by atoms with E-state index in [-0.39, 0.29) is 11.4 Å². The molecular formula is C11H12BrN3O2S2. The van der Waals surface area contributed by atoms with Gasteiger partial charge in [-0.3, -0.25) is 5.84 Å². The van der Waals surface area contributed by atoms with Crippen LogP contribution in [0.2, 0.25) is 0 Å². The Balaban J connectivity index is 2.11. The van der Waals surface area contributed by atoms with Gasteiger partial charge in [0.05, 0.1) is 4.90 Å². The highest BCUT2D eigenvalue weighted by Crippen LogP contribution is 2.23. The molecule has 0 saturated heterocycles. The zero-order valence-electron chi connectivity index (χ0n) is 9.76. The molecule has 4 N–H and O–H groups in total. The molecule has 0 aliphatic carbocycles. The van der Waals surface area contributed by atoms with Gasteiger partial charge in [0, 0.05) is 21.6 Å². The molecule has 19 heavy (non-hydrogen) atoms. The number of hydrogen-bond donors (Lipinski definition) is 3. The van der Waals surface area contributed by atoms with Crippen molar-refractivity contribution in [3.05, 3.63) is 45.1 Å². The summed E-state index contributed by atoms with van der Waals surface area (Å²) in [5.41, 5.74) is 3.10. The second-order valence-corrected chi connectivity index (χ2v) is 7.31. The van der Waals surface area contributed by atoms with Crippen LogP contribution in [0, 0.1) is 0 Å². The van der Waals surface area contributed by atoms with Crippen LogP contribution in [0.3, 0.4) is 0 Å². The third-order valence-corrected chi connectivity index (χ3v) is 5.79. The largest absolute Gasteiger partial charge is 0.324 e. The lowest BCUT2D eigenvalue weighted by molar-refractivity contribution is 0.582. The number of sulfonamides is 1. The minimum absolute atomic E-state index is 0.208. The Kier molecular flexibility index (Phi) is 4.58. The van der Waals surface area contributed by atoms with Gasteiger partial charge in [-0.25, -0.2) is 13.1 Å². The summed E-state index contributed by atoms with van der Waals surface area (Å²) >= 11 is 4.85. The van der Waals surface area contributed by atoms with Crippen LogP contribution in [0.15, 0.2) is 45.1 Å². The minimum atomic E-state index is -3.51. The van der Waals surface area contributed by atoms with E-state index in [2.05, 4.69) is 26.1 Å². The van der Waals surface area contributed by atoms with Crippen LogP contribution < -0.4 is 16.0 Å². The predicted octanol–water partition coefficient (Wildman–Crippen LogP) is 2.27. The van der Waals surface area contributed by atoms with Crippen LogP contribution >= 0.6 is 27.3 Å². The van der Waals surface area contributed by atoms with E-state index in [0.29, 0.717) is 5.69 Å². The molecule has 0 aliphatic rings. The number of thiophene rings is 1. The zero-order chi connectivity index (χ0) is 13.9. The first kappa shape index (κ1) is 14.5. The first-order chi connectivity index (χ1) is 9.03. The van der Waals surface area contributed by atoms with E-state index in [1.165, 1.54) is 23.5 Å². The van der Waals surface area contributed by atoms with Crippen molar-refractivity contribution in [3.8, 4) is 0 Å². The molecule has 5 nitrogen and oxygen atoms in total. The fourth-order valence-electron chi connectivity index (χ4n) is 1.43. The SMILES string of the molecule is NNc1ccc(S(=O)(=O)NCc2sccc2Br)cc1. The van der Waals surface area contributed by atoms with Gasteiger partial charge in [0.25, 0.3) is 0 Å². The molecule has 102 valence electrons. The molecule has 2 aromatic rings. The van der Waals surface area contributed by atoms with Gasteiger partial charge in [0.2, 0.25) is 10.0 Å². The quantitative estimate of drug-likeness (QED) is 0.563. The molecule has 0 atom stereocenters. The smallest absolute Gasteiger partial charge is 0.240 e. The predicted molar refractivity (Wildman–Crippen MR) is 80.3 cm³/mol. The van der Waals surface area contributed by atoms with Crippen molar-refractivity contribution in [1.82, 2.24) is 4.72 Å². The van der Waals surface area contributed by atoms with Gasteiger partial charge in [-0.05, 0) is 51.6 Å². The number of anilines is 1. The van der Waals surface area contributed by atoms with Crippen LogP contribution in [0.25, 0.3) is 0 Å². The summed E-state index contributed by atoms with van der Waals surface area (Å²) in [6.45, 7) is 0.261. The highest BCUT2D eigenvalue weighted by Gasteiger charge is 2.14. The number of nitrogen functional groups attached to an aromatic ring is 1. The highest BCUT2D eigenvalue weighted by molar-refractivity contribution is 9.10. The number of hydrogen-bond acceptors (Lipinski definition) is 5. The third-order valence-electron chi connectivity index (χ3n) is 2.45. The lowest BCUT2D eigenvalue weighted by atomic mass is 10.3. The molecule has 0 bridgehead atoms. The molecule has 1 aromatic heterocycles. The van der Waals surface area contributed by atoms with E-state index >= 15 is 0 Å². The van der Waals surface area contributed by atoms with Crippen molar-refractivity contribution in [3.63, 3.8) is 0 Å². The lowest BCUT2D eigenvalue weighted by Gasteiger charge is -2.07. The number of nitrogens with two attached hydrogens (primary N) is 1. The van der Waals surface area contributed by atoms with Crippen molar-refractivity contribution in [2.24, 2.45) is 5.84 Å². The topological polar surface area (TPSA) is 84.2 Å². The number of rotatable bonds is 5. The lowest BCUT2D eigenvalue weighted by Crippen LogP contribution is -2.23. The Morgan fingerprint density at radius 2 is 1.89 bits per heavy atom. The van der Waals surface area contributed by atoms with E-state index < -0.39 is 10.0 Å². The summed E-state index contributed by atoms with van der Waals surface area (Å²) < 4.78 is 27.6. The second kappa shape index (κ2) is 6.02. The summed E-state index contributed by atoms with van der Waals surface area (Å²) in [6, 6.07) is 8.10. The van der Waals surface area contributed by atoms with Gasteiger partial charge in [-0.2, -0.15) is 0 Å². The van der Waals surface area contributed by atoms with Crippen molar-refractivity contribution in [1.29, 1.82) is 0 Å². The van der Waals surface area contributed by atoms with E-state index in [1.807, 2.05) is 11.4 Å². The molecular weight excluding hydrogens is 350 g/mol. The monoisotopic (exact) mass is 361 g/mol. The second-order valence-electron chi connectivity index (χ2n) is 3.68. The van der Waals surface area contributed by atoms with Crippen LogP contribution in [0.4, 0.5) is 5.69 Å². The summed E-state index contributed by atoms with van der Waals surface area (Å²) in [7, 11) is -3.51. The maximum atomic E-state index is 12.1. The molecule has 8 heteroatoms. The van der Waals surface area contributed by atoms with Crippen molar-refractivity contribution in [2.45, 2.75) is 11.4 Å². The van der Waals surface area contributed by atoms with Crippen LogP contribution in [-0.4, -0.2) is 8.42 Å². The first-order valence-electron chi connectivity index (χ1n) is 5.31. The number of halogens is 1. The molecule has 0 aliphatic heterocycles. The van der Waals surface area contributed by atoms with Crippen molar-refractivity contribution < 1.29 is 8.42 Å². The van der Waals surface area contributed by atoms with Crippen molar-refractivity contribution in [2.75, 3.05) is 5.43 Å². The number of hydrazine groups is 1. The summed E-state index contributed by atoms with van der Waals surface area (Å²) in [6.07, 6.45) is 0. The average molecular weight is 362 g/mol. The summed E-state index contributed by atoms with van der Waals surface area (Å²) in [5, 5.41) is 1.90. The van der Waals surface area contributed by atoms with Crippen molar-refractivity contribution >= 4 is 43.0 Å². The van der Waals surface area contributed by atoms with Crippen LogP contribution in [0.1, 0.15) is 4.88 Å². The maximum absolute atomic E-state index is 12.1. The molecule has 0 unspecified atom stereocenters. The van der Waals surface area contributed by atoms with Gasteiger partial charge >= 0.3 is 0 Å². The molecule has 0 saturated carbocycles. The highest BCUT2D eigenvalue weighted by atomic mass is 79.9. The van der Waals surface area contributed by atoms with Crippen LogP contribution in [0.5, 0.6) is 0 Å². The normalized spacial score (nSPS) is 11.5. The van der Waals surface area contributed by atoms with Crippen LogP contribution in [-0.2, 0) is 16.6 Å². The Morgan fingerprint density at radius 3 is 2.42 bits per heavy atom. The van der Waals surface area contributed by atoms with E-state index in [9.17, 15) is 8.42 Å². The standard InChI is InChI=1S/C11H12BrN3O2S2/c12-10-5-6-18-11(10)7-14-19(16,17)9-3-1-8(15-13)2-4-9/h1-6,14-15H,7,13H2. The molecule has 2 rings (SSSR count). The number of benzene rings is 1. The van der Waals surface area contributed by atoms with Gasteiger partial charge in [0.1, 0.15) is 0 Å². The molecule has 0 radical (unpaired) electrons. The van der Waals surface area contributed by atoms with Gasteiger partial charge in [-0.15, -0.1) is 11.3 Å². The molecule has 1 aromatic carbocycles. The fourth-order valence-corrected chi connectivity index (χ4v) is 3.94. The molecule has 0 amide bonds. The average Bonchev–Trinajstić information content (AvgIpc) is 2.82. The van der Waals surface area contributed by atoms with E-state index in [0.717, 1.165) is 9.35 Å². The van der Waals surface area contributed by atoms with E-state index in [4.69, 9.17) is 5.84 Å². The molecule has 0 spiro atoms. The number of nitrogens with one attached hydrogen (secondary N) is 2. The van der Waals surface area contributed by atoms with Gasteiger partial charge in [-0.1, -0.05) is 0 Å². The summed E-state index contributed by atoms with van der Waals surface area (Å²) in [5.74, 6) is 5.23. The Morgan fingerprint density at radius 1 is 1.21 bits per heavy atom. The Labute approximate surface area is 124 Å². The Hall–Kier alpha value is -0.930. The Bertz CT molecular complexity index is 653. The zero-order valence-corrected chi connectivity index (χ0v) is 13.0. The fraction of sp³-hybridized carbons (Fsp3) is 0.0909. The third kappa shape index (κ3) is 3.54. The van der Waals surface area contributed by atoms with Gasteiger partial charge < -0.3 is 5.43 Å². The minimum Gasteiger partial charge on any atom is -0.324 e. The maximum Gasteiger partial charge on any atom is 0.240 e. The molecule has 0 fully saturated rings. The van der Waals surface area contributed by atoms with Gasteiger partial charge in [0.15, 0.2) is 0 Å². The molecule has 1 heterocycles.